The van der Waals surface area contributed by atoms with Gasteiger partial charge in [-0.15, -0.1) is 0 Å². The van der Waals surface area contributed by atoms with Crippen molar-refractivity contribution in [2.45, 2.75) is 63.8 Å². The molecule has 1 aromatic rings. The SMILES string of the molecule is CC[C@]1([Si](CC)(CC)CC)CN(Cc2ccccc2)C(=O)[C@@H]1C(=O)OC. The first-order chi connectivity index (χ1) is 12.4. The summed E-state index contributed by atoms with van der Waals surface area (Å²) in [7, 11) is -0.435. The van der Waals surface area contributed by atoms with Gasteiger partial charge in [0.05, 0.1) is 15.2 Å². The largest absolute Gasteiger partial charge is 0.468 e. The Hall–Kier alpha value is -1.62. The lowest BCUT2D eigenvalue weighted by atomic mass is 9.91. The van der Waals surface area contributed by atoms with E-state index in [9.17, 15) is 9.59 Å². The molecule has 0 radical (unpaired) electrons. The minimum absolute atomic E-state index is 0.0465. The van der Waals surface area contributed by atoms with Crippen molar-refractivity contribution in [2.75, 3.05) is 13.7 Å². The average Bonchev–Trinajstić information content (AvgIpc) is 2.97. The number of methoxy groups -OCH3 is 1. The third kappa shape index (κ3) is 3.22. The Morgan fingerprint density at radius 1 is 1.15 bits per heavy atom. The molecular weight excluding hydrogens is 342 g/mol. The number of carbonyl (C=O) groups is 2. The highest BCUT2D eigenvalue weighted by Gasteiger charge is 2.63. The smallest absolute Gasteiger partial charge is 0.318 e. The molecule has 1 amide bonds. The molecule has 2 rings (SSSR count). The van der Waals surface area contributed by atoms with Crippen LogP contribution in [0.1, 0.15) is 39.7 Å². The normalized spacial score (nSPS) is 23.3. The maximum Gasteiger partial charge on any atom is 0.318 e. The Labute approximate surface area is 158 Å². The third-order valence-electron chi connectivity index (χ3n) is 6.95. The van der Waals surface area contributed by atoms with Gasteiger partial charge >= 0.3 is 5.97 Å². The van der Waals surface area contributed by atoms with Crippen molar-refractivity contribution in [1.82, 2.24) is 4.90 Å². The average molecular weight is 376 g/mol. The van der Waals surface area contributed by atoms with E-state index in [1.54, 1.807) is 0 Å². The predicted molar refractivity (Wildman–Crippen MR) is 108 cm³/mol. The molecule has 144 valence electrons. The Morgan fingerprint density at radius 3 is 2.19 bits per heavy atom. The number of likely N-dealkylation sites (tertiary alicyclic amines) is 1. The van der Waals surface area contributed by atoms with Crippen LogP contribution in [0.25, 0.3) is 0 Å². The fraction of sp³-hybridized carbons (Fsp3) is 0.619. The van der Waals surface area contributed by atoms with E-state index in [-0.39, 0.29) is 16.9 Å². The molecule has 4 nitrogen and oxygen atoms in total. The molecule has 1 saturated heterocycles. The Balaban J connectivity index is 2.50. The van der Waals surface area contributed by atoms with Gasteiger partial charge in [-0.25, -0.2) is 0 Å². The first kappa shape index (κ1) is 20.7. The fourth-order valence-electron chi connectivity index (χ4n) is 5.28. The summed E-state index contributed by atoms with van der Waals surface area (Å²) in [4.78, 5) is 28.0. The number of hydrogen-bond donors (Lipinski definition) is 0. The second-order valence-electron chi connectivity index (χ2n) is 7.49. The minimum Gasteiger partial charge on any atom is -0.468 e. The quantitative estimate of drug-likeness (QED) is 0.382. The van der Waals surface area contributed by atoms with Crippen LogP contribution in [0.15, 0.2) is 30.3 Å². The number of hydrogen-bond acceptors (Lipinski definition) is 3. The Morgan fingerprint density at radius 2 is 1.73 bits per heavy atom. The van der Waals surface area contributed by atoms with E-state index in [0.717, 1.165) is 30.1 Å². The molecule has 1 aliphatic rings. The lowest BCUT2D eigenvalue weighted by molar-refractivity contribution is -0.151. The van der Waals surface area contributed by atoms with Crippen molar-refractivity contribution >= 4 is 20.0 Å². The number of ether oxygens (including phenoxy) is 1. The Kier molecular flexibility index (Phi) is 6.67. The van der Waals surface area contributed by atoms with Gasteiger partial charge in [-0.1, -0.05) is 76.2 Å². The van der Waals surface area contributed by atoms with Gasteiger partial charge in [0.15, 0.2) is 0 Å². The fourth-order valence-corrected chi connectivity index (χ4v) is 11.0. The highest BCUT2D eigenvalue weighted by Crippen LogP contribution is 2.58. The summed E-state index contributed by atoms with van der Waals surface area (Å²) in [5.41, 5.74) is 1.10. The van der Waals surface area contributed by atoms with Crippen LogP contribution in [0.2, 0.25) is 23.2 Å². The van der Waals surface area contributed by atoms with Crippen molar-refractivity contribution in [2.24, 2.45) is 5.92 Å². The molecule has 0 saturated carbocycles. The van der Waals surface area contributed by atoms with Crippen LogP contribution in [0, 0.1) is 5.92 Å². The van der Waals surface area contributed by atoms with E-state index in [2.05, 4.69) is 27.7 Å². The summed E-state index contributed by atoms with van der Waals surface area (Å²) in [6.45, 7) is 10.1. The number of benzene rings is 1. The van der Waals surface area contributed by atoms with Crippen LogP contribution in [0.4, 0.5) is 0 Å². The zero-order valence-corrected chi connectivity index (χ0v) is 17.9. The maximum atomic E-state index is 13.3. The van der Waals surface area contributed by atoms with Crippen LogP contribution in [0.5, 0.6) is 0 Å². The number of nitrogens with zero attached hydrogens (tertiary/aromatic N) is 1. The van der Waals surface area contributed by atoms with Crippen molar-refractivity contribution in [3.05, 3.63) is 35.9 Å². The second kappa shape index (κ2) is 8.38. The molecule has 0 bridgehead atoms. The first-order valence-corrected chi connectivity index (χ1v) is 12.5. The number of carbonyl (C=O) groups excluding carboxylic acids is 2. The molecule has 0 aliphatic carbocycles. The van der Waals surface area contributed by atoms with Crippen molar-refractivity contribution in [3.63, 3.8) is 0 Å². The van der Waals surface area contributed by atoms with Crippen molar-refractivity contribution < 1.29 is 14.3 Å². The molecule has 26 heavy (non-hydrogen) atoms. The van der Waals surface area contributed by atoms with Crippen molar-refractivity contribution in [1.29, 1.82) is 0 Å². The molecule has 1 fully saturated rings. The van der Waals surface area contributed by atoms with Crippen LogP contribution in [-0.4, -0.2) is 38.5 Å². The van der Waals surface area contributed by atoms with Gasteiger partial charge in [0.2, 0.25) is 5.91 Å². The highest BCUT2D eigenvalue weighted by molar-refractivity contribution is 6.83. The van der Waals surface area contributed by atoms with Gasteiger partial charge in [0.1, 0.15) is 5.92 Å². The molecule has 1 aromatic carbocycles. The topological polar surface area (TPSA) is 46.6 Å². The van der Waals surface area contributed by atoms with Gasteiger partial charge in [0.25, 0.3) is 0 Å². The minimum atomic E-state index is -1.84. The summed E-state index contributed by atoms with van der Waals surface area (Å²) in [6, 6.07) is 13.3. The lowest BCUT2D eigenvalue weighted by Gasteiger charge is -2.47. The van der Waals surface area contributed by atoms with E-state index in [4.69, 9.17) is 4.74 Å². The van der Waals surface area contributed by atoms with Crippen molar-refractivity contribution in [3.8, 4) is 0 Å². The van der Waals surface area contributed by atoms with Gasteiger partial charge in [-0.3, -0.25) is 9.59 Å². The molecule has 0 unspecified atom stereocenters. The summed E-state index contributed by atoms with van der Waals surface area (Å²) in [5.74, 6) is -1.04. The summed E-state index contributed by atoms with van der Waals surface area (Å²) < 4.78 is 5.12. The monoisotopic (exact) mass is 375 g/mol. The molecule has 0 aromatic heterocycles. The molecule has 1 aliphatic heterocycles. The molecular formula is C21H33NO3Si. The zero-order valence-electron chi connectivity index (χ0n) is 16.9. The van der Waals surface area contributed by atoms with Gasteiger partial charge in [-0.2, -0.15) is 0 Å². The standard InChI is InChI=1S/C21H33NO3Si/c1-6-21(26(7-2,8-3)9-4)16-22(15-17-13-11-10-12-14-17)19(23)18(21)20(24)25-5/h10-14,18H,6-9,15-16H2,1-5H3/t18-,21+/m1/s1. The highest BCUT2D eigenvalue weighted by atomic mass is 28.3. The van der Waals surface area contributed by atoms with E-state index in [1.807, 2.05) is 35.2 Å². The van der Waals surface area contributed by atoms with E-state index in [1.165, 1.54) is 7.11 Å². The molecule has 2 atom stereocenters. The van der Waals surface area contributed by atoms with Crippen LogP contribution in [-0.2, 0) is 20.9 Å². The van der Waals surface area contributed by atoms with Crippen LogP contribution < -0.4 is 0 Å². The first-order valence-electron chi connectivity index (χ1n) is 9.85. The zero-order chi connectivity index (χ0) is 19.4. The van der Waals surface area contributed by atoms with Gasteiger partial charge < -0.3 is 9.64 Å². The number of amides is 1. The Bertz CT molecular complexity index is 621. The molecule has 0 spiro atoms. The van der Waals surface area contributed by atoms with Gasteiger partial charge in [-0.05, 0) is 12.0 Å². The number of esters is 1. The molecule has 1 heterocycles. The predicted octanol–water partition coefficient (Wildman–Crippen LogP) is 4.48. The third-order valence-corrected chi connectivity index (χ3v) is 13.9. The van der Waals surface area contributed by atoms with E-state index < -0.39 is 14.0 Å². The number of rotatable bonds is 8. The second-order valence-corrected chi connectivity index (χ2v) is 13.2. The van der Waals surface area contributed by atoms with E-state index in [0.29, 0.717) is 13.1 Å². The summed E-state index contributed by atoms with van der Waals surface area (Å²) in [6.07, 6.45) is 0.853. The summed E-state index contributed by atoms with van der Waals surface area (Å²) in [5, 5.41) is -0.246. The van der Waals surface area contributed by atoms with Crippen LogP contribution >= 0.6 is 0 Å². The molecule has 0 N–H and O–H groups in total. The van der Waals surface area contributed by atoms with Crippen LogP contribution in [0.3, 0.4) is 0 Å². The lowest BCUT2D eigenvalue weighted by Crippen LogP contribution is -2.52. The molecule has 5 heteroatoms. The maximum absolute atomic E-state index is 13.3. The van der Waals surface area contributed by atoms with Gasteiger partial charge in [0, 0.05) is 18.1 Å². The van der Waals surface area contributed by atoms with E-state index >= 15 is 0 Å². The summed E-state index contributed by atoms with van der Waals surface area (Å²) >= 11 is 0.